The molecule has 0 aromatic carbocycles. The highest BCUT2D eigenvalue weighted by Gasteiger charge is 2.21. The van der Waals surface area contributed by atoms with Crippen LogP contribution in [0.3, 0.4) is 0 Å². The molecule has 0 unspecified atom stereocenters. The van der Waals surface area contributed by atoms with E-state index in [-0.39, 0.29) is 0 Å². The second-order valence-corrected chi connectivity index (χ2v) is 6.26. The number of pyridine rings is 1. The zero-order valence-electron chi connectivity index (χ0n) is 12.7. The molecule has 1 saturated heterocycles. The van der Waals surface area contributed by atoms with Crippen molar-refractivity contribution in [2.24, 2.45) is 5.92 Å². The van der Waals surface area contributed by atoms with Gasteiger partial charge in [0, 0.05) is 32.4 Å². The molecule has 1 aromatic rings. The second kappa shape index (κ2) is 7.25. The Bertz CT molecular complexity index is 428. The molecular formula is C15H25ClN4. The van der Waals surface area contributed by atoms with Gasteiger partial charge in [0.25, 0.3) is 0 Å². The molecule has 4 nitrogen and oxygen atoms in total. The quantitative estimate of drug-likeness (QED) is 0.903. The molecule has 1 aliphatic heterocycles. The third-order valence-corrected chi connectivity index (χ3v) is 4.19. The molecule has 2 rings (SSSR count). The number of piperidine rings is 1. The molecule has 1 aromatic heterocycles. The number of halogens is 1. The summed E-state index contributed by atoms with van der Waals surface area (Å²) in [4.78, 5) is 9.15. The SMILES string of the molecule is CNCc1cc(N2CCC(CN(C)C)CC2)ncc1Cl. The maximum absolute atomic E-state index is 6.17. The van der Waals surface area contributed by atoms with E-state index in [1.807, 2.05) is 7.05 Å². The summed E-state index contributed by atoms with van der Waals surface area (Å²) < 4.78 is 0. The second-order valence-electron chi connectivity index (χ2n) is 5.86. The molecule has 1 fully saturated rings. The van der Waals surface area contributed by atoms with E-state index in [9.17, 15) is 0 Å². The number of rotatable bonds is 5. The third kappa shape index (κ3) is 4.08. The van der Waals surface area contributed by atoms with Crippen LogP contribution in [0.25, 0.3) is 0 Å². The van der Waals surface area contributed by atoms with Gasteiger partial charge in [-0.15, -0.1) is 0 Å². The van der Waals surface area contributed by atoms with Crippen molar-refractivity contribution in [1.82, 2.24) is 15.2 Å². The Hall–Kier alpha value is -0.840. The minimum Gasteiger partial charge on any atom is -0.357 e. The summed E-state index contributed by atoms with van der Waals surface area (Å²) in [5.74, 6) is 1.87. The average Bonchev–Trinajstić information content (AvgIpc) is 2.42. The molecule has 0 bridgehead atoms. The summed E-state index contributed by atoms with van der Waals surface area (Å²) in [5, 5.41) is 3.89. The third-order valence-electron chi connectivity index (χ3n) is 3.85. The number of hydrogen-bond acceptors (Lipinski definition) is 4. The van der Waals surface area contributed by atoms with E-state index in [1.165, 1.54) is 19.4 Å². The first-order valence-corrected chi connectivity index (χ1v) is 7.66. The van der Waals surface area contributed by atoms with Crippen LogP contribution < -0.4 is 10.2 Å². The number of aromatic nitrogens is 1. The molecule has 5 heteroatoms. The van der Waals surface area contributed by atoms with Crippen LogP contribution in [0, 0.1) is 5.92 Å². The Labute approximate surface area is 127 Å². The molecule has 0 radical (unpaired) electrons. The van der Waals surface area contributed by atoms with Crippen LogP contribution in [0.4, 0.5) is 5.82 Å². The fourth-order valence-corrected chi connectivity index (χ4v) is 3.00. The van der Waals surface area contributed by atoms with Crippen molar-refractivity contribution in [3.63, 3.8) is 0 Å². The Morgan fingerprint density at radius 2 is 2.10 bits per heavy atom. The van der Waals surface area contributed by atoms with Crippen molar-refractivity contribution in [3.8, 4) is 0 Å². The van der Waals surface area contributed by atoms with E-state index < -0.39 is 0 Å². The van der Waals surface area contributed by atoms with Crippen LogP contribution in [-0.4, -0.2) is 50.7 Å². The number of hydrogen-bond donors (Lipinski definition) is 1. The summed E-state index contributed by atoms with van der Waals surface area (Å²) in [5.41, 5.74) is 1.12. The molecule has 0 amide bonds. The van der Waals surface area contributed by atoms with Gasteiger partial charge in [0.2, 0.25) is 0 Å². The largest absolute Gasteiger partial charge is 0.357 e. The molecule has 1 N–H and O–H groups in total. The molecule has 0 aliphatic carbocycles. The topological polar surface area (TPSA) is 31.4 Å². The predicted molar refractivity (Wildman–Crippen MR) is 85.5 cm³/mol. The Kier molecular flexibility index (Phi) is 5.64. The first kappa shape index (κ1) is 15.5. The van der Waals surface area contributed by atoms with Crippen molar-refractivity contribution < 1.29 is 0 Å². The fourth-order valence-electron chi connectivity index (χ4n) is 2.83. The summed E-state index contributed by atoms with van der Waals surface area (Å²) in [6, 6.07) is 2.12. The maximum atomic E-state index is 6.17. The Morgan fingerprint density at radius 3 is 2.70 bits per heavy atom. The predicted octanol–water partition coefficient (Wildman–Crippen LogP) is 2.23. The molecule has 112 valence electrons. The maximum Gasteiger partial charge on any atom is 0.128 e. The molecule has 0 saturated carbocycles. The van der Waals surface area contributed by atoms with Crippen molar-refractivity contribution >= 4 is 17.4 Å². The molecule has 20 heavy (non-hydrogen) atoms. The number of nitrogens with one attached hydrogen (secondary N) is 1. The van der Waals surface area contributed by atoms with Gasteiger partial charge in [-0.1, -0.05) is 11.6 Å². The molecule has 2 heterocycles. The van der Waals surface area contributed by atoms with Crippen LogP contribution in [-0.2, 0) is 6.54 Å². The van der Waals surface area contributed by atoms with Gasteiger partial charge in [-0.3, -0.25) is 0 Å². The molecule has 1 aliphatic rings. The highest BCUT2D eigenvalue weighted by Crippen LogP contribution is 2.25. The van der Waals surface area contributed by atoms with Gasteiger partial charge < -0.3 is 15.1 Å². The van der Waals surface area contributed by atoms with Crippen molar-refractivity contribution in [2.75, 3.05) is 45.7 Å². The first-order valence-electron chi connectivity index (χ1n) is 7.29. The zero-order valence-corrected chi connectivity index (χ0v) is 13.5. The lowest BCUT2D eigenvalue weighted by Crippen LogP contribution is -2.37. The van der Waals surface area contributed by atoms with Crippen LogP contribution in [0.15, 0.2) is 12.3 Å². The van der Waals surface area contributed by atoms with Crippen LogP contribution >= 0.6 is 11.6 Å². The minimum absolute atomic E-state index is 0.741. The van der Waals surface area contributed by atoms with E-state index in [2.05, 4.69) is 40.3 Å². The molecule has 0 spiro atoms. The van der Waals surface area contributed by atoms with Gasteiger partial charge >= 0.3 is 0 Å². The lowest BCUT2D eigenvalue weighted by Gasteiger charge is -2.34. The molecular weight excluding hydrogens is 272 g/mol. The monoisotopic (exact) mass is 296 g/mol. The van der Waals surface area contributed by atoms with Crippen molar-refractivity contribution in [3.05, 3.63) is 22.8 Å². The summed E-state index contributed by atoms with van der Waals surface area (Å²) >= 11 is 6.17. The normalized spacial score (nSPS) is 16.9. The van der Waals surface area contributed by atoms with Gasteiger partial charge in [-0.2, -0.15) is 0 Å². The fraction of sp³-hybridized carbons (Fsp3) is 0.667. The average molecular weight is 297 g/mol. The first-order chi connectivity index (χ1) is 9.60. The van der Waals surface area contributed by atoms with E-state index in [1.54, 1.807) is 6.20 Å². The van der Waals surface area contributed by atoms with Crippen LogP contribution in [0.1, 0.15) is 18.4 Å². The number of anilines is 1. The lowest BCUT2D eigenvalue weighted by atomic mass is 9.96. The van der Waals surface area contributed by atoms with Crippen molar-refractivity contribution in [2.45, 2.75) is 19.4 Å². The minimum atomic E-state index is 0.741. The van der Waals surface area contributed by atoms with Gasteiger partial charge in [0.05, 0.1) is 5.02 Å². The summed E-state index contributed by atoms with van der Waals surface area (Å²) in [6.07, 6.45) is 4.25. The van der Waals surface area contributed by atoms with Crippen LogP contribution in [0.2, 0.25) is 5.02 Å². The van der Waals surface area contributed by atoms with E-state index in [4.69, 9.17) is 11.6 Å². The Balaban J connectivity index is 1.98. The zero-order chi connectivity index (χ0) is 14.5. The van der Waals surface area contributed by atoms with Crippen molar-refractivity contribution in [1.29, 1.82) is 0 Å². The summed E-state index contributed by atoms with van der Waals surface area (Å²) in [7, 11) is 6.23. The highest BCUT2D eigenvalue weighted by molar-refractivity contribution is 6.31. The van der Waals surface area contributed by atoms with Gasteiger partial charge in [-0.25, -0.2) is 4.98 Å². The lowest BCUT2D eigenvalue weighted by molar-refractivity contribution is 0.284. The Morgan fingerprint density at radius 1 is 1.40 bits per heavy atom. The molecule has 0 atom stereocenters. The van der Waals surface area contributed by atoms with E-state index in [0.29, 0.717) is 0 Å². The van der Waals surface area contributed by atoms with E-state index >= 15 is 0 Å². The standard InChI is InChI=1S/C15H25ClN4/c1-17-9-13-8-15(18-10-14(13)16)20-6-4-12(5-7-20)11-19(2)3/h8,10,12,17H,4-7,9,11H2,1-3H3. The highest BCUT2D eigenvalue weighted by atomic mass is 35.5. The summed E-state index contributed by atoms with van der Waals surface area (Å²) in [6.45, 7) is 4.15. The van der Waals surface area contributed by atoms with Gasteiger partial charge in [0.15, 0.2) is 0 Å². The van der Waals surface area contributed by atoms with Gasteiger partial charge in [0.1, 0.15) is 5.82 Å². The number of nitrogens with zero attached hydrogens (tertiary/aromatic N) is 3. The van der Waals surface area contributed by atoms with Gasteiger partial charge in [-0.05, 0) is 51.5 Å². The van der Waals surface area contributed by atoms with Crippen LogP contribution in [0.5, 0.6) is 0 Å². The van der Waals surface area contributed by atoms with E-state index in [0.717, 1.165) is 42.0 Å². The smallest absolute Gasteiger partial charge is 0.128 e.